The summed E-state index contributed by atoms with van der Waals surface area (Å²) in [6.07, 6.45) is 2.96. The van der Waals surface area contributed by atoms with E-state index in [2.05, 4.69) is 15.6 Å². The van der Waals surface area contributed by atoms with Crippen molar-refractivity contribution in [2.75, 3.05) is 0 Å². The molecule has 22 heavy (non-hydrogen) atoms. The first-order chi connectivity index (χ1) is 10.1. The second-order valence-electron chi connectivity index (χ2n) is 6.08. The molecule has 1 aromatic heterocycles. The molecule has 2 amide bonds. The number of carbonyl (C=O) groups excluding carboxylic acids is 2. The van der Waals surface area contributed by atoms with Gasteiger partial charge in [-0.2, -0.15) is 0 Å². The lowest BCUT2D eigenvalue weighted by molar-refractivity contribution is -0.142. The third-order valence-electron chi connectivity index (χ3n) is 3.08. The Morgan fingerprint density at radius 2 is 1.68 bits per heavy atom. The lowest BCUT2D eigenvalue weighted by Crippen LogP contribution is -2.56. The van der Waals surface area contributed by atoms with Gasteiger partial charge in [-0.1, -0.05) is 20.8 Å². The van der Waals surface area contributed by atoms with Crippen molar-refractivity contribution >= 4 is 17.8 Å². The summed E-state index contributed by atoms with van der Waals surface area (Å²) in [6.45, 7) is 6.73. The highest BCUT2D eigenvalue weighted by atomic mass is 16.4. The molecule has 0 bridgehead atoms. The van der Waals surface area contributed by atoms with Gasteiger partial charge in [0.15, 0.2) is 0 Å². The standard InChI is InChI=1S/C15H21N3O4/c1-9(14(21)22)17-13(20)11(15(2,3)4)18-12(19)10-5-7-16-8-6-10/h5-9,11H,1-4H3,(H,17,20)(H,18,19)(H,21,22)/t9-,11+/m0/s1. The molecule has 1 heterocycles. The summed E-state index contributed by atoms with van der Waals surface area (Å²) >= 11 is 0. The van der Waals surface area contributed by atoms with Crippen LogP contribution in [0.1, 0.15) is 38.1 Å². The number of nitrogens with zero attached hydrogens (tertiary/aromatic N) is 1. The number of hydrogen-bond acceptors (Lipinski definition) is 4. The molecule has 0 aliphatic carbocycles. The van der Waals surface area contributed by atoms with Crippen molar-refractivity contribution in [3.63, 3.8) is 0 Å². The molecule has 0 aliphatic rings. The maximum Gasteiger partial charge on any atom is 0.325 e. The van der Waals surface area contributed by atoms with Crippen LogP contribution in [0.3, 0.4) is 0 Å². The van der Waals surface area contributed by atoms with E-state index in [1.165, 1.54) is 31.5 Å². The van der Waals surface area contributed by atoms with Crippen molar-refractivity contribution in [3.8, 4) is 0 Å². The first kappa shape index (κ1) is 17.6. The van der Waals surface area contributed by atoms with E-state index in [1.54, 1.807) is 20.8 Å². The van der Waals surface area contributed by atoms with Crippen molar-refractivity contribution in [3.05, 3.63) is 30.1 Å². The van der Waals surface area contributed by atoms with Crippen LogP contribution < -0.4 is 10.6 Å². The van der Waals surface area contributed by atoms with Gasteiger partial charge in [0.25, 0.3) is 5.91 Å². The Balaban J connectivity index is 2.88. The fourth-order valence-corrected chi connectivity index (χ4v) is 1.75. The molecule has 0 aliphatic heterocycles. The quantitative estimate of drug-likeness (QED) is 0.746. The maximum atomic E-state index is 12.3. The normalized spacial score (nSPS) is 13.8. The average Bonchev–Trinajstić information content (AvgIpc) is 2.43. The Kier molecular flexibility index (Phi) is 5.62. The molecular weight excluding hydrogens is 286 g/mol. The summed E-state index contributed by atoms with van der Waals surface area (Å²) in [5.74, 6) is -2.09. The molecule has 120 valence electrons. The van der Waals surface area contributed by atoms with Gasteiger partial charge in [-0.3, -0.25) is 19.4 Å². The Hall–Kier alpha value is -2.44. The minimum absolute atomic E-state index is 0.378. The summed E-state index contributed by atoms with van der Waals surface area (Å²) in [6, 6.07) is 1.17. The van der Waals surface area contributed by atoms with Crippen molar-refractivity contribution in [2.45, 2.75) is 39.8 Å². The molecular formula is C15H21N3O4. The van der Waals surface area contributed by atoms with Crippen LogP contribution in [-0.4, -0.2) is 40.0 Å². The number of nitrogens with one attached hydrogen (secondary N) is 2. The zero-order valence-corrected chi connectivity index (χ0v) is 13.1. The number of aromatic nitrogens is 1. The van der Waals surface area contributed by atoms with E-state index in [0.717, 1.165) is 0 Å². The van der Waals surface area contributed by atoms with Crippen molar-refractivity contribution in [2.24, 2.45) is 5.41 Å². The van der Waals surface area contributed by atoms with E-state index in [0.29, 0.717) is 5.56 Å². The minimum Gasteiger partial charge on any atom is -0.480 e. The molecule has 0 radical (unpaired) electrons. The van der Waals surface area contributed by atoms with Crippen LogP contribution in [0.5, 0.6) is 0 Å². The number of aliphatic carboxylic acids is 1. The minimum atomic E-state index is -1.14. The van der Waals surface area contributed by atoms with Gasteiger partial charge < -0.3 is 15.7 Å². The van der Waals surface area contributed by atoms with Crippen molar-refractivity contribution < 1.29 is 19.5 Å². The first-order valence-corrected chi connectivity index (χ1v) is 6.87. The number of carboxylic acid groups (broad SMARTS) is 1. The Labute approximate surface area is 129 Å². The topological polar surface area (TPSA) is 108 Å². The lowest BCUT2D eigenvalue weighted by atomic mass is 9.85. The van der Waals surface area contributed by atoms with Gasteiger partial charge in [-0.05, 0) is 24.5 Å². The number of amides is 2. The highest BCUT2D eigenvalue weighted by molar-refractivity contribution is 5.98. The van der Waals surface area contributed by atoms with Crippen LogP contribution in [0.4, 0.5) is 0 Å². The van der Waals surface area contributed by atoms with E-state index in [9.17, 15) is 14.4 Å². The van der Waals surface area contributed by atoms with E-state index < -0.39 is 35.3 Å². The maximum absolute atomic E-state index is 12.3. The fraction of sp³-hybridized carbons (Fsp3) is 0.467. The summed E-state index contributed by atoms with van der Waals surface area (Å²) in [4.78, 5) is 39.1. The number of carbonyl (C=O) groups is 3. The van der Waals surface area contributed by atoms with Crippen molar-refractivity contribution in [1.29, 1.82) is 0 Å². The highest BCUT2D eigenvalue weighted by Crippen LogP contribution is 2.20. The Morgan fingerprint density at radius 3 is 2.14 bits per heavy atom. The molecule has 0 aromatic carbocycles. The predicted octanol–water partition coefficient (Wildman–Crippen LogP) is 0.815. The highest BCUT2D eigenvalue weighted by Gasteiger charge is 2.34. The molecule has 7 nitrogen and oxygen atoms in total. The van der Waals surface area contributed by atoms with Gasteiger partial charge in [0.05, 0.1) is 0 Å². The molecule has 2 atom stereocenters. The molecule has 0 saturated carbocycles. The van der Waals surface area contributed by atoms with Crippen LogP contribution in [0.15, 0.2) is 24.5 Å². The van der Waals surface area contributed by atoms with Crippen molar-refractivity contribution in [1.82, 2.24) is 15.6 Å². The second-order valence-corrected chi connectivity index (χ2v) is 6.08. The van der Waals surface area contributed by atoms with Crippen LogP contribution in [0.25, 0.3) is 0 Å². The van der Waals surface area contributed by atoms with Gasteiger partial charge >= 0.3 is 5.97 Å². The zero-order valence-electron chi connectivity index (χ0n) is 13.1. The van der Waals surface area contributed by atoms with Crippen LogP contribution in [0.2, 0.25) is 0 Å². The van der Waals surface area contributed by atoms with Gasteiger partial charge in [-0.15, -0.1) is 0 Å². The Bertz CT molecular complexity index is 552. The summed E-state index contributed by atoms with van der Waals surface area (Å²) in [7, 11) is 0. The van der Waals surface area contributed by atoms with Crippen LogP contribution in [0, 0.1) is 5.41 Å². The smallest absolute Gasteiger partial charge is 0.325 e. The molecule has 7 heteroatoms. The van der Waals surface area contributed by atoms with Gasteiger partial charge in [0.2, 0.25) is 5.91 Å². The number of rotatable bonds is 5. The zero-order chi connectivity index (χ0) is 16.9. The summed E-state index contributed by atoms with van der Waals surface area (Å²) in [5.41, 5.74) is -0.200. The van der Waals surface area contributed by atoms with Crippen LogP contribution in [-0.2, 0) is 9.59 Å². The largest absolute Gasteiger partial charge is 0.480 e. The third-order valence-corrected chi connectivity index (χ3v) is 3.08. The van der Waals surface area contributed by atoms with E-state index in [4.69, 9.17) is 5.11 Å². The molecule has 1 aromatic rings. The third kappa shape index (κ3) is 4.83. The molecule has 0 saturated heterocycles. The van der Waals surface area contributed by atoms with E-state index >= 15 is 0 Å². The predicted molar refractivity (Wildman–Crippen MR) is 80.2 cm³/mol. The van der Waals surface area contributed by atoms with Gasteiger partial charge in [0.1, 0.15) is 12.1 Å². The summed E-state index contributed by atoms with van der Waals surface area (Å²) in [5, 5.41) is 13.9. The van der Waals surface area contributed by atoms with E-state index in [1.807, 2.05) is 0 Å². The Morgan fingerprint density at radius 1 is 1.14 bits per heavy atom. The average molecular weight is 307 g/mol. The fourth-order valence-electron chi connectivity index (χ4n) is 1.75. The number of hydrogen-bond donors (Lipinski definition) is 3. The molecule has 0 unspecified atom stereocenters. The lowest BCUT2D eigenvalue weighted by Gasteiger charge is -2.31. The van der Waals surface area contributed by atoms with Gasteiger partial charge in [-0.25, -0.2) is 0 Å². The summed E-state index contributed by atoms with van der Waals surface area (Å²) < 4.78 is 0. The molecule has 1 rings (SSSR count). The molecule has 0 fully saturated rings. The molecule has 3 N–H and O–H groups in total. The number of carboxylic acids is 1. The van der Waals surface area contributed by atoms with E-state index in [-0.39, 0.29) is 0 Å². The number of pyridine rings is 1. The second kappa shape index (κ2) is 7.02. The molecule has 0 spiro atoms. The first-order valence-electron chi connectivity index (χ1n) is 6.87. The monoisotopic (exact) mass is 307 g/mol. The van der Waals surface area contributed by atoms with Crippen LogP contribution >= 0.6 is 0 Å². The van der Waals surface area contributed by atoms with Gasteiger partial charge in [0, 0.05) is 18.0 Å². The SMILES string of the molecule is C[C@H](NC(=O)[C@@H](NC(=O)c1ccncc1)C(C)(C)C)C(=O)O.